The Morgan fingerprint density at radius 3 is 2.56 bits per heavy atom. The van der Waals surface area contributed by atoms with Gasteiger partial charge in [0.2, 0.25) is 5.91 Å². The van der Waals surface area contributed by atoms with Gasteiger partial charge < -0.3 is 16.0 Å². The maximum atomic E-state index is 10.0. The van der Waals surface area contributed by atoms with Crippen molar-refractivity contribution in [3.05, 3.63) is 0 Å². The van der Waals surface area contributed by atoms with Crippen LogP contribution in [0.3, 0.4) is 0 Å². The van der Waals surface area contributed by atoms with Crippen LogP contribution in [0.2, 0.25) is 0 Å². The number of carbonyl (C=O) groups excluding carboxylic acids is 1. The van der Waals surface area contributed by atoms with Crippen molar-refractivity contribution in [1.29, 1.82) is 0 Å². The molecule has 4 N–H and O–H groups in total. The molecule has 0 aliphatic heterocycles. The molecule has 0 aromatic rings. The number of rotatable bonds is 4. The fourth-order valence-electron chi connectivity index (χ4n) is 0.374. The maximum Gasteiger partial charge on any atom is 0.234 e. The Hall–Kier alpha value is -0.650. The minimum Gasteiger partial charge on any atom is -0.395 e. The van der Waals surface area contributed by atoms with Crippen LogP contribution in [0.25, 0.3) is 0 Å². The van der Waals surface area contributed by atoms with Crippen molar-refractivity contribution in [2.75, 3.05) is 19.7 Å². The summed E-state index contributed by atoms with van der Waals surface area (Å²) in [6, 6.07) is 0. The Morgan fingerprint density at radius 2 is 2.22 bits per heavy atom. The normalized spacial score (nSPS) is 10.1. The predicted molar refractivity (Wildman–Crippen MR) is 29.6 cm³/mol. The molecule has 0 saturated carbocycles. The molecule has 0 bridgehead atoms. The molecule has 0 radical (unpaired) electrons. The van der Waals surface area contributed by atoms with Crippen LogP contribution >= 0.6 is 0 Å². The zero-order valence-electron chi connectivity index (χ0n) is 4.95. The van der Waals surface area contributed by atoms with Gasteiger partial charge in [-0.25, -0.2) is 0 Å². The molecule has 54 valence electrons. The highest BCUT2D eigenvalue weighted by atomic mass is 16.5. The summed E-state index contributed by atoms with van der Waals surface area (Å²) in [6.07, 6.45) is 0. The van der Waals surface area contributed by atoms with Crippen molar-refractivity contribution in [1.82, 2.24) is 5.06 Å². The molecular weight excluding hydrogens is 124 g/mol. The van der Waals surface area contributed by atoms with E-state index in [9.17, 15) is 4.79 Å². The standard InChI is InChI=1S/C4H10N2O3/c5-4(8)3-6(9)1-2-7/h7,9H,1-3H2,(H2,5,8). The first kappa shape index (κ1) is 8.35. The highest BCUT2D eigenvalue weighted by molar-refractivity contribution is 5.75. The molecule has 0 atom stereocenters. The maximum absolute atomic E-state index is 10.0. The number of amides is 1. The van der Waals surface area contributed by atoms with Crippen LogP contribution < -0.4 is 5.73 Å². The number of aliphatic hydroxyl groups excluding tert-OH is 1. The molecule has 5 nitrogen and oxygen atoms in total. The van der Waals surface area contributed by atoms with Crippen LogP contribution in [0.15, 0.2) is 0 Å². The average Bonchev–Trinajstić information content (AvgIpc) is 1.63. The van der Waals surface area contributed by atoms with Gasteiger partial charge in [-0.05, 0) is 0 Å². The first-order valence-electron chi connectivity index (χ1n) is 2.50. The van der Waals surface area contributed by atoms with Gasteiger partial charge in [0.25, 0.3) is 0 Å². The Morgan fingerprint density at radius 1 is 1.67 bits per heavy atom. The molecule has 1 amide bonds. The van der Waals surface area contributed by atoms with E-state index in [1.54, 1.807) is 0 Å². The summed E-state index contributed by atoms with van der Waals surface area (Å²) in [5, 5.41) is 17.4. The van der Waals surface area contributed by atoms with E-state index in [-0.39, 0.29) is 19.7 Å². The van der Waals surface area contributed by atoms with Crippen molar-refractivity contribution < 1.29 is 15.1 Å². The molecule has 0 rings (SSSR count). The number of hydroxylamine groups is 2. The number of nitrogens with two attached hydrogens (primary N) is 1. The summed E-state index contributed by atoms with van der Waals surface area (Å²) in [5.74, 6) is -0.619. The van der Waals surface area contributed by atoms with E-state index in [0.29, 0.717) is 5.06 Å². The van der Waals surface area contributed by atoms with Gasteiger partial charge in [-0.2, -0.15) is 5.06 Å². The summed E-state index contributed by atoms with van der Waals surface area (Å²) in [5.41, 5.74) is 4.70. The number of carbonyl (C=O) groups is 1. The molecule has 0 aliphatic rings. The molecule has 0 aliphatic carbocycles. The summed E-state index contributed by atoms with van der Waals surface area (Å²) < 4.78 is 0. The zero-order valence-corrected chi connectivity index (χ0v) is 4.95. The molecule has 5 heteroatoms. The molecule has 0 unspecified atom stereocenters. The van der Waals surface area contributed by atoms with E-state index in [4.69, 9.17) is 16.0 Å². The second-order valence-corrected chi connectivity index (χ2v) is 1.58. The molecule has 0 saturated heterocycles. The zero-order chi connectivity index (χ0) is 7.28. The summed E-state index contributed by atoms with van der Waals surface area (Å²) >= 11 is 0. The van der Waals surface area contributed by atoms with Gasteiger partial charge in [-0.15, -0.1) is 0 Å². The lowest BCUT2D eigenvalue weighted by Crippen LogP contribution is -2.32. The van der Waals surface area contributed by atoms with E-state index in [1.807, 2.05) is 0 Å². The van der Waals surface area contributed by atoms with E-state index in [1.165, 1.54) is 0 Å². The average molecular weight is 134 g/mol. The third kappa shape index (κ3) is 5.22. The highest BCUT2D eigenvalue weighted by Crippen LogP contribution is 1.76. The number of aliphatic hydroxyl groups is 1. The van der Waals surface area contributed by atoms with Gasteiger partial charge >= 0.3 is 0 Å². The van der Waals surface area contributed by atoms with Crippen molar-refractivity contribution in [3.63, 3.8) is 0 Å². The van der Waals surface area contributed by atoms with Crippen LogP contribution in [0, 0.1) is 0 Å². The topological polar surface area (TPSA) is 86.8 Å². The Bertz CT molecular complexity index is 95.8. The van der Waals surface area contributed by atoms with Crippen molar-refractivity contribution >= 4 is 5.91 Å². The lowest BCUT2D eigenvalue weighted by Gasteiger charge is -2.08. The minimum atomic E-state index is -0.619. The van der Waals surface area contributed by atoms with Crippen molar-refractivity contribution in [3.8, 4) is 0 Å². The summed E-state index contributed by atoms with van der Waals surface area (Å²) in [7, 11) is 0. The fraction of sp³-hybridized carbons (Fsp3) is 0.750. The lowest BCUT2D eigenvalue weighted by molar-refractivity contribution is -0.136. The van der Waals surface area contributed by atoms with E-state index in [2.05, 4.69) is 0 Å². The third-order valence-corrected chi connectivity index (χ3v) is 0.696. The number of primary amides is 1. The molecule has 0 spiro atoms. The monoisotopic (exact) mass is 134 g/mol. The second-order valence-electron chi connectivity index (χ2n) is 1.58. The lowest BCUT2D eigenvalue weighted by atomic mass is 10.5. The molecule has 0 heterocycles. The Balaban J connectivity index is 3.26. The predicted octanol–water partition coefficient (Wildman–Crippen LogP) is -1.84. The minimum absolute atomic E-state index is 0.0446. The van der Waals surface area contributed by atoms with Gasteiger partial charge in [0, 0.05) is 6.54 Å². The first-order valence-corrected chi connectivity index (χ1v) is 2.50. The molecular formula is C4H10N2O3. The van der Waals surface area contributed by atoms with E-state index >= 15 is 0 Å². The highest BCUT2D eigenvalue weighted by Gasteiger charge is 2.01. The van der Waals surface area contributed by atoms with Crippen LogP contribution in [0.4, 0.5) is 0 Å². The summed E-state index contributed by atoms with van der Waals surface area (Å²) in [6.45, 7) is -0.382. The third-order valence-electron chi connectivity index (χ3n) is 0.696. The van der Waals surface area contributed by atoms with Gasteiger partial charge in [-0.3, -0.25) is 4.79 Å². The smallest absolute Gasteiger partial charge is 0.234 e. The quantitative estimate of drug-likeness (QED) is 0.394. The number of hydrogen-bond acceptors (Lipinski definition) is 4. The van der Waals surface area contributed by atoms with E-state index in [0.717, 1.165) is 0 Å². The fourth-order valence-corrected chi connectivity index (χ4v) is 0.374. The van der Waals surface area contributed by atoms with Crippen molar-refractivity contribution in [2.24, 2.45) is 5.73 Å². The largest absolute Gasteiger partial charge is 0.395 e. The molecule has 9 heavy (non-hydrogen) atoms. The van der Waals surface area contributed by atoms with Gasteiger partial charge in [0.15, 0.2) is 0 Å². The van der Waals surface area contributed by atoms with Gasteiger partial charge in [-0.1, -0.05) is 0 Å². The molecule has 0 aromatic heterocycles. The van der Waals surface area contributed by atoms with Crippen LogP contribution in [-0.4, -0.2) is 41.0 Å². The Kier molecular flexibility index (Phi) is 3.94. The van der Waals surface area contributed by atoms with Crippen LogP contribution in [0.1, 0.15) is 0 Å². The summed E-state index contributed by atoms with van der Waals surface area (Å²) in [4.78, 5) is 10.0. The van der Waals surface area contributed by atoms with Crippen LogP contribution in [0.5, 0.6) is 0 Å². The second kappa shape index (κ2) is 4.25. The van der Waals surface area contributed by atoms with Gasteiger partial charge in [0.1, 0.15) is 6.54 Å². The molecule has 0 aromatic carbocycles. The van der Waals surface area contributed by atoms with E-state index < -0.39 is 5.91 Å². The number of nitrogens with zero attached hydrogens (tertiary/aromatic N) is 1. The Labute approximate surface area is 52.6 Å². The first-order chi connectivity index (χ1) is 4.16. The molecule has 0 fully saturated rings. The van der Waals surface area contributed by atoms with Crippen molar-refractivity contribution in [2.45, 2.75) is 0 Å². The van der Waals surface area contributed by atoms with Gasteiger partial charge in [0.05, 0.1) is 6.61 Å². The van der Waals surface area contributed by atoms with Crippen LogP contribution in [-0.2, 0) is 4.79 Å². The SMILES string of the molecule is NC(=O)CN(O)CCO. The number of hydrogen-bond donors (Lipinski definition) is 3.